The van der Waals surface area contributed by atoms with Crippen LogP contribution in [0.1, 0.15) is 44.5 Å². The molecule has 182 valence electrons. The summed E-state index contributed by atoms with van der Waals surface area (Å²) in [7, 11) is 0. The van der Waals surface area contributed by atoms with Crippen molar-refractivity contribution in [3.63, 3.8) is 0 Å². The third-order valence-corrected chi connectivity index (χ3v) is 9.02. The van der Waals surface area contributed by atoms with Crippen LogP contribution in [0.15, 0.2) is 60.7 Å². The van der Waals surface area contributed by atoms with E-state index in [4.69, 9.17) is 0 Å². The number of hydrogen-bond donors (Lipinski definition) is 0. The van der Waals surface area contributed by atoms with Crippen molar-refractivity contribution in [3.05, 3.63) is 120 Å². The summed E-state index contributed by atoms with van der Waals surface area (Å²) in [6.07, 6.45) is 7.02. The molecule has 6 aromatic rings. The van der Waals surface area contributed by atoms with Gasteiger partial charge in [-0.3, -0.25) is 0 Å². The minimum atomic E-state index is 0. The number of aryl methyl sites for hydroxylation is 8. The topological polar surface area (TPSA) is 0 Å². The first-order valence-electron chi connectivity index (χ1n) is 12.9. The summed E-state index contributed by atoms with van der Waals surface area (Å²) in [6, 6.07) is 23.8. The largest absolute Gasteiger partial charge is 4.00 e. The summed E-state index contributed by atoms with van der Waals surface area (Å²) < 4.78 is 0. The first kappa shape index (κ1) is 26.1. The van der Waals surface area contributed by atoms with E-state index in [1.165, 1.54) is 91.0 Å². The van der Waals surface area contributed by atoms with Crippen LogP contribution in [0.3, 0.4) is 0 Å². The van der Waals surface area contributed by atoms with E-state index in [2.05, 4.69) is 74.5 Å². The van der Waals surface area contributed by atoms with E-state index < -0.39 is 0 Å². The predicted octanol–water partition coefficient (Wildman–Crippen LogP) is 9.23. The van der Waals surface area contributed by atoms with Crippen molar-refractivity contribution in [2.75, 3.05) is 0 Å². The Kier molecular flexibility index (Phi) is 6.61. The molecule has 0 atom stereocenters. The van der Waals surface area contributed by atoms with Gasteiger partial charge in [0.05, 0.1) is 0 Å². The summed E-state index contributed by atoms with van der Waals surface area (Å²) in [5, 5.41) is 11.9. The Hall–Kier alpha value is -2.50. The Morgan fingerprint density at radius 3 is 1.38 bits per heavy atom. The maximum absolute atomic E-state index is 2.53. The van der Waals surface area contributed by atoms with Gasteiger partial charge in [0.25, 0.3) is 0 Å². The van der Waals surface area contributed by atoms with Gasteiger partial charge in [0.15, 0.2) is 0 Å². The third kappa shape index (κ3) is 3.57. The van der Waals surface area contributed by atoms with Crippen molar-refractivity contribution >= 4 is 43.1 Å². The third-order valence-electron chi connectivity index (χ3n) is 9.02. The Morgan fingerprint density at radius 1 is 0.541 bits per heavy atom. The summed E-state index contributed by atoms with van der Waals surface area (Å²) in [6.45, 7) is 4.64. The monoisotopic (exact) mass is 556 g/mol. The van der Waals surface area contributed by atoms with Crippen LogP contribution in [0.4, 0.5) is 0 Å². The van der Waals surface area contributed by atoms with Crippen LogP contribution >= 0.6 is 0 Å². The average molecular weight is 558 g/mol. The van der Waals surface area contributed by atoms with Crippen LogP contribution < -0.4 is 0 Å². The van der Waals surface area contributed by atoms with Gasteiger partial charge in [-0.2, -0.15) is 12.1 Å². The van der Waals surface area contributed by atoms with Gasteiger partial charge in [-0.1, -0.05) is 85.0 Å². The van der Waals surface area contributed by atoms with Gasteiger partial charge < -0.3 is 14.9 Å². The molecule has 0 saturated heterocycles. The molecule has 8 rings (SSSR count). The van der Waals surface area contributed by atoms with E-state index >= 15 is 0 Å². The van der Waals surface area contributed by atoms with Crippen LogP contribution in [0.5, 0.6) is 0 Å². The first-order chi connectivity index (χ1) is 16.7. The van der Waals surface area contributed by atoms with Crippen LogP contribution in [0, 0.1) is 28.7 Å². The number of benzene rings is 4. The Labute approximate surface area is 240 Å². The zero-order valence-electron chi connectivity index (χ0n) is 22.5. The van der Waals surface area contributed by atoms with Crippen molar-refractivity contribution in [1.82, 2.24) is 0 Å². The number of rotatable bonds is 3. The minimum absolute atomic E-state index is 0. The molecule has 1 heteroatoms. The maximum atomic E-state index is 2.53. The van der Waals surface area contributed by atoms with Crippen molar-refractivity contribution in [3.8, 4) is 0 Å². The Balaban J connectivity index is 0.000000934. The fourth-order valence-electron chi connectivity index (χ4n) is 7.45. The fraction of sp³-hybridized carbons (Fsp3) is 0.222. The summed E-state index contributed by atoms with van der Waals surface area (Å²) >= 11 is 0. The van der Waals surface area contributed by atoms with Crippen molar-refractivity contribution in [2.45, 2.75) is 52.4 Å². The Bertz CT molecular complexity index is 1690. The minimum Gasteiger partial charge on any atom is -0.358 e. The molecule has 0 amide bonds. The molecule has 0 aliphatic heterocycles. The van der Waals surface area contributed by atoms with Gasteiger partial charge >= 0.3 is 26.2 Å². The molecule has 0 spiro atoms. The van der Waals surface area contributed by atoms with Gasteiger partial charge in [0.1, 0.15) is 0 Å². The van der Waals surface area contributed by atoms with Gasteiger partial charge in [-0.05, 0) is 47.6 Å². The molecule has 2 aliphatic carbocycles. The van der Waals surface area contributed by atoms with Gasteiger partial charge in [0, 0.05) is 0 Å². The molecule has 0 bridgehead atoms. The van der Waals surface area contributed by atoms with Crippen molar-refractivity contribution in [1.29, 1.82) is 0 Å². The quantitative estimate of drug-likeness (QED) is 0.190. The van der Waals surface area contributed by atoms with Gasteiger partial charge in [0.2, 0.25) is 0 Å². The molecular formula is C36H34Zr. The molecule has 37 heavy (non-hydrogen) atoms. The van der Waals surface area contributed by atoms with Crippen LogP contribution in [-0.4, -0.2) is 0 Å². The number of fused-ring (bicyclic) bond motifs is 4. The zero-order chi connectivity index (χ0) is 22.6. The van der Waals surface area contributed by atoms with E-state index in [1.807, 2.05) is 0 Å². The Morgan fingerprint density at radius 2 is 0.946 bits per heavy atom. The second kappa shape index (κ2) is 9.36. The molecule has 0 radical (unpaired) electrons. The number of hydrogen-bond acceptors (Lipinski definition) is 0. The van der Waals surface area contributed by atoms with E-state index in [9.17, 15) is 0 Å². The predicted molar refractivity (Wildman–Crippen MR) is 159 cm³/mol. The van der Waals surface area contributed by atoms with Gasteiger partial charge in [-0.25, -0.2) is 0 Å². The maximum Gasteiger partial charge on any atom is 4.00 e. The summed E-state index contributed by atoms with van der Waals surface area (Å²) in [4.78, 5) is 0. The summed E-state index contributed by atoms with van der Waals surface area (Å²) in [5.41, 5.74) is 12.2. The van der Waals surface area contributed by atoms with E-state index in [0.29, 0.717) is 0 Å². The van der Waals surface area contributed by atoms with Crippen molar-refractivity contribution < 1.29 is 26.2 Å². The fourth-order valence-corrected chi connectivity index (χ4v) is 7.45. The van der Waals surface area contributed by atoms with E-state index in [-0.39, 0.29) is 41.1 Å². The zero-order valence-corrected chi connectivity index (χ0v) is 25.0. The standard InChI is InChI=1S/C34H28.2CH3.Zr/c1-19-15-29-27-7-3-5-21-9-11-23(33(21)27)17-31(29)25(19)13-14-26-20(2)16-30-28-8-4-6-22-10-12-24(34(22)28)18-32(26)30;;;/h3-8,15-18H,9-14H2,1-2H3;2*1H3;/q-2;2*-1;+4. The second-order valence-corrected chi connectivity index (χ2v) is 10.8. The smallest absolute Gasteiger partial charge is 0.358 e. The molecule has 2 aliphatic rings. The molecule has 0 N–H and O–H groups in total. The molecule has 0 fully saturated rings. The average Bonchev–Trinajstić information content (AvgIpc) is 3.60. The molecular weight excluding hydrogens is 524 g/mol. The summed E-state index contributed by atoms with van der Waals surface area (Å²) in [5.74, 6) is 0. The van der Waals surface area contributed by atoms with E-state index in [0.717, 1.165) is 12.8 Å². The van der Waals surface area contributed by atoms with Crippen LogP contribution in [-0.2, 0) is 64.7 Å². The molecule has 0 heterocycles. The SMILES string of the molecule is Cc1cc2c3cccc4c3c(cc2[c-]1CC[c-]1c(C)cc2c3cccc5c3c(cc21)CC5)CC4.[CH3-].[CH3-].[Zr+4]. The van der Waals surface area contributed by atoms with Gasteiger partial charge in [-0.15, -0.1) is 55.9 Å². The molecule has 0 aromatic heterocycles. The van der Waals surface area contributed by atoms with Crippen molar-refractivity contribution in [2.24, 2.45) is 0 Å². The normalized spacial score (nSPS) is 13.4. The van der Waals surface area contributed by atoms with Crippen LogP contribution in [0.2, 0.25) is 0 Å². The van der Waals surface area contributed by atoms with E-state index in [1.54, 1.807) is 22.3 Å². The van der Waals surface area contributed by atoms with Crippen LogP contribution in [0.25, 0.3) is 43.1 Å². The molecule has 0 nitrogen and oxygen atoms in total. The first-order valence-corrected chi connectivity index (χ1v) is 12.9. The molecule has 0 unspecified atom stereocenters. The molecule has 6 aromatic carbocycles. The second-order valence-electron chi connectivity index (χ2n) is 10.8. The molecule has 0 saturated carbocycles.